The lowest BCUT2D eigenvalue weighted by Crippen LogP contribution is -2.30. The molecule has 0 fully saturated rings. The summed E-state index contributed by atoms with van der Waals surface area (Å²) in [6.07, 6.45) is -0.386. The number of alkyl halides is 2. The molecule has 7 nitrogen and oxygen atoms in total. The van der Waals surface area contributed by atoms with E-state index in [1.165, 1.54) is 24.3 Å². The average Bonchev–Trinajstić information content (AvgIpc) is 3.05. The number of benzene rings is 2. The summed E-state index contributed by atoms with van der Waals surface area (Å²) in [5.74, 6) is -1.74. The Bertz CT molecular complexity index is 957. The molecule has 1 amide bonds. The normalized spacial score (nSPS) is 12.1. The Morgan fingerprint density at radius 2 is 1.85 bits per heavy atom. The minimum Gasteiger partial charge on any atom is -0.481 e. The number of hydrogen-bond acceptors (Lipinski definition) is 4. The molecule has 27 heavy (non-hydrogen) atoms. The van der Waals surface area contributed by atoms with Crippen molar-refractivity contribution in [2.24, 2.45) is 0 Å². The standard InChI is InChI=1S/C18H15F2N3O4/c19-18(20)27-11-7-5-10(6-8-11)14(9-15(24)25)21-17(26)16-12-3-1-2-4-13(12)22-23-16/h1-8,14,18H,9H2,(H,21,26)(H,22,23)(H,24,25). The van der Waals surface area contributed by atoms with Crippen molar-refractivity contribution in [2.75, 3.05) is 0 Å². The van der Waals surface area contributed by atoms with Crippen molar-refractivity contribution in [1.29, 1.82) is 0 Å². The summed E-state index contributed by atoms with van der Waals surface area (Å²) >= 11 is 0. The van der Waals surface area contributed by atoms with Gasteiger partial charge in [-0.05, 0) is 23.8 Å². The van der Waals surface area contributed by atoms with Gasteiger partial charge in [-0.15, -0.1) is 0 Å². The van der Waals surface area contributed by atoms with Gasteiger partial charge in [-0.2, -0.15) is 13.9 Å². The maximum absolute atomic E-state index is 12.6. The van der Waals surface area contributed by atoms with Crippen LogP contribution in [0.3, 0.4) is 0 Å². The first-order chi connectivity index (χ1) is 12.9. The Kier molecular flexibility index (Phi) is 5.30. The molecular weight excluding hydrogens is 360 g/mol. The molecule has 3 N–H and O–H groups in total. The molecular formula is C18H15F2N3O4. The number of aromatic amines is 1. The molecule has 1 atom stereocenters. The summed E-state index contributed by atoms with van der Waals surface area (Å²) in [5, 5.41) is 19.1. The summed E-state index contributed by atoms with van der Waals surface area (Å²) in [4.78, 5) is 23.8. The molecule has 1 heterocycles. The Balaban J connectivity index is 1.82. The number of rotatable bonds is 7. The van der Waals surface area contributed by atoms with E-state index in [1.807, 2.05) is 0 Å². The van der Waals surface area contributed by atoms with E-state index in [1.54, 1.807) is 24.3 Å². The molecule has 2 aromatic carbocycles. The number of aromatic nitrogens is 2. The van der Waals surface area contributed by atoms with Crippen LogP contribution in [0.1, 0.15) is 28.5 Å². The molecule has 0 aliphatic carbocycles. The first-order valence-corrected chi connectivity index (χ1v) is 7.94. The number of carboxylic acids is 1. The van der Waals surface area contributed by atoms with Gasteiger partial charge in [0.15, 0.2) is 5.69 Å². The van der Waals surface area contributed by atoms with Gasteiger partial charge in [-0.3, -0.25) is 14.7 Å². The first kappa shape index (κ1) is 18.3. The second-order valence-electron chi connectivity index (χ2n) is 5.69. The summed E-state index contributed by atoms with van der Waals surface area (Å²) in [6.45, 7) is -2.96. The molecule has 0 aliphatic rings. The molecule has 0 bridgehead atoms. The van der Waals surface area contributed by atoms with E-state index in [0.29, 0.717) is 16.5 Å². The first-order valence-electron chi connectivity index (χ1n) is 7.94. The van der Waals surface area contributed by atoms with E-state index >= 15 is 0 Å². The molecule has 140 valence electrons. The van der Waals surface area contributed by atoms with Gasteiger partial charge in [-0.1, -0.05) is 30.3 Å². The van der Waals surface area contributed by atoms with Crippen molar-refractivity contribution in [2.45, 2.75) is 19.1 Å². The van der Waals surface area contributed by atoms with E-state index in [2.05, 4.69) is 20.3 Å². The van der Waals surface area contributed by atoms with Crippen LogP contribution in [0.4, 0.5) is 8.78 Å². The van der Waals surface area contributed by atoms with Gasteiger partial charge in [0.25, 0.3) is 5.91 Å². The average molecular weight is 375 g/mol. The minimum absolute atomic E-state index is 0.0625. The quantitative estimate of drug-likeness (QED) is 0.589. The van der Waals surface area contributed by atoms with Crippen LogP contribution < -0.4 is 10.1 Å². The predicted octanol–water partition coefficient (Wildman–Crippen LogP) is 3.11. The fraction of sp³-hybridized carbons (Fsp3) is 0.167. The zero-order valence-electron chi connectivity index (χ0n) is 13.9. The van der Waals surface area contributed by atoms with Crippen LogP contribution in [0.5, 0.6) is 5.75 Å². The molecule has 0 saturated heterocycles. The van der Waals surface area contributed by atoms with Gasteiger partial charge >= 0.3 is 12.6 Å². The Hall–Kier alpha value is -3.49. The molecule has 0 spiro atoms. The van der Waals surface area contributed by atoms with E-state index in [-0.39, 0.29) is 17.9 Å². The molecule has 3 aromatic rings. The molecule has 1 aromatic heterocycles. The van der Waals surface area contributed by atoms with Crippen LogP contribution in [0.15, 0.2) is 48.5 Å². The summed E-state index contributed by atoms with van der Waals surface area (Å²) in [6, 6.07) is 11.6. The largest absolute Gasteiger partial charge is 0.481 e. The van der Waals surface area contributed by atoms with Crippen LogP contribution in [0.2, 0.25) is 0 Å². The van der Waals surface area contributed by atoms with Gasteiger partial charge < -0.3 is 15.2 Å². The molecule has 1 unspecified atom stereocenters. The van der Waals surface area contributed by atoms with Crippen LogP contribution in [0.25, 0.3) is 10.9 Å². The zero-order chi connectivity index (χ0) is 19.4. The molecule has 0 saturated carbocycles. The van der Waals surface area contributed by atoms with Gasteiger partial charge in [0.05, 0.1) is 18.0 Å². The number of hydrogen-bond donors (Lipinski definition) is 3. The predicted molar refractivity (Wildman–Crippen MR) is 91.6 cm³/mol. The van der Waals surface area contributed by atoms with Crippen LogP contribution in [-0.2, 0) is 4.79 Å². The zero-order valence-corrected chi connectivity index (χ0v) is 13.9. The topological polar surface area (TPSA) is 104 Å². The number of carbonyl (C=O) groups is 2. The SMILES string of the molecule is O=C(O)CC(NC(=O)c1n[nH]c2ccccc12)c1ccc(OC(F)F)cc1. The summed E-state index contributed by atoms with van der Waals surface area (Å²) in [7, 11) is 0. The molecule has 3 rings (SSSR count). The monoisotopic (exact) mass is 375 g/mol. The molecule has 9 heteroatoms. The van der Waals surface area contributed by atoms with Crippen molar-refractivity contribution in [1.82, 2.24) is 15.5 Å². The van der Waals surface area contributed by atoms with E-state index in [4.69, 9.17) is 5.11 Å². The lowest BCUT2D eigenvalue weighted by atomic mass is 10.0. The highest BCUT2D eigenvalue weighted by molar-refractivity contribution is 6.04. The van der Waals surface area contributed by atoms with Crippen LogP contribution in [-0.4, -0.2) is 33.8 Å². The van der Waals surface area contributed by atoms with E-state index in [9.17, 15) is 18.4 Å². The number of nitrogens with one attached hydrogen (secondary N) is 2. The van der Waals surface area contributed by atoms with Crippen LogP contribution in [0, 0.1) is 0 Å². The fourth-order valence-corrected chi connectivity index (χ4v) is 2.67. The third-order valence-electron chi connectivity index (χ3n) is 3.88. The minimum atomic E-state index is -2.96. The van der Waals surface area contributed by atoms with Gasteiger partial charge in [-0.25, -0.2) is 0 Å². The van der Waals surface area contributed by atoms with E-state index in [0.717, 1.165) is 0 Å². The highest BCUT2D eigenvalue weighted by Gasteiger charge is 2.22. The smallest absolute Gasteiger partial charge is 0.387 e. The second kappa shape index (κ2) is 7.81. The number of fused-ring (bicyclic) bond motifs is 1. The molecule has 0 radical (unpaired) electrons. The summed E-state index contributed by atoms with van der Waals surface area (Å²) < 4.78 is 28.8. The number of ether oxygens (including phenoxy) is 1. The van der Waals surface area contributed by atoms with Gasteiger partial charge in [0.1, 0.15) is 5.75 Å². The lowest BCUT2D eigenvalue weighted by molar-refractivity contribution is -0.137. The van der Waals surface area contributed by atoms with Crippen molar-refractivity contribution < 1.29 is 28.2 Å². The van der Waals surface area contributed by atoms with Crippen molar-refractivity contribution in [3.63, 3.8) is 0 Å². The highest BCUT2D eigenvalue weighted by Crippen LogP contribution is 2.23. The fourth-order valence-electron chi connectivity index (χ4n) is 2.67. The van der Waals surface area contributed by atoms with E-state index < -0.39 is 24.5 Å². The Morgan fingerprint density at radius 1 is 1.15 bits per heavy atom. The number of aliphatic carboxylic acids is 1. The van der Waals surface area contributed by atoms with Crippen molar-refractivity contribution in [3.8, 4) is 5.75 Å². The van der Waals surface area contributed by atoms with Crippen molar-refractivity contribution >= 4 is 22.8 Å². The molecule has 0 aliphatic heterocycles. The number of carboxylic acid groups (broad SMARTS) is 1. The maximum atomic E-state index is 12.6. The Morgan fingerprint density at radius 3 is 2.52 bits per heavy atom. The Labute approximate surface area is 152 Å². The number of carbonyl (C=O) groups excluding carboxylic acids is 1. The number of halogens is 2. The van der Waals surface area contributed by atoms with Crippen molar-refractivity contribution in [3.05, 3.63) is 59.8 Å². The number of H-pyrrole nitrogens is 1. The third kappa shape index (κ3) is 4.38. The lowest BCUT2D eigenvalue weighted by Gasteiger charge is -2.17. The van der Waals surface area contributed by atoms with Gasteiger partial charge in [0.2, 0.25) is 0 Å². The number of amides is 1. The summed E-state index contributed by atoms with van der Waals surface area (Å²) in [5.41, 5.74) is 1.25. The van der Waals surface area contributed by atoms with Crippen LogP contribution >= 0.6 is 0 Å². The number of para-hydroxylation sites is 1. The third-order valence-corrected chi connectivity index (χ3v) is 3.88. The van der Waals surface area contributed by atoms with Gasteiger partial charge in [0, 0.05) is 5.39 Å². The highest BCUT2D eigenvalue weighted by atomic mass is 19.3. The second-order valence-corrected chi connectivity index (χ2v) is 5.69. The maximum Gasteiger partial charge on any atom is 0.387 e. The number of nitrogens with zero attached hydrogens (tertiary/aromatic N) is 1.